The zero-order chi connectivity index (χ0) is 28.6. The average Bonchev–Trinajstić information content (AvgIpc) is 3.30. The van der Waals surface area contributed by atoms with Gasteiger partial charge in [0.15, 0.2) is 15.7 Å². The van der Waals surface area contributed by atoms with Gasteiger partial charge in [-0.3, -0.25) is 14.0 Å². The molecule has 0 unspecified atom stereocenters. The summed E-state index contributed by atoms with van der Waals surface area (Å²) in [6.45, 7) is 9.19. The second-order valence-electron chi connectivity index (χ2n) is 8.62. The number of anilines is 1. The highest BCUT2D eigenvalue weighted by molar-refractivity contribution is 7.91. The molecule has 1 aromatic heterocycles. The van der Waals surface area contributed by atoms with Crippen molar-refractivity contribution in [3.05, 3.63) is 60.3 Å². The molecule has 212 valence electrons. The molecule has 2 aromatic carbocycles. The number of carbonyl (C=O) groups excluding carboxylic acids is 1. The number of sulfone groups is 1. The van der Waals surface area contributed by atoms with Gasteiger partial charge in [0.2, 0.25) is 0 Å². The van der Waals surface area contributed by atoms with Gasteiger partial charge in [-0.1, -0.05) is 6.92 Å². The van der Waals surface area contributed by atoms with Gasteiger partial charge in [-0.25, -0.2) is 8.42 Å². The minimum Gasteiger partial charge on any atom is -0.491 e. The zero-order valence-electron chi connectivity index (χ0n) is 22.6. The highest BCUT2D eigenvalue weighted by atomic mass is 32.2. The highest BCUT2D eigenvalue weighted by Gasteiger charge is 2.25. The first-order chi connectivity index (χ1) is 18.5. The summed E-state index contributed by atoms with van der Waals surface area (Å²) in [6, 6.07) is 12.4. The lowest BCUT2D eigenvalue weighted by molar-refractivity contribution is 0.102. The standard InChI is InChI=1S/C26H34N3O8PS/c1-6-34-38(31,35-7-2)18-29-14-13-25(28-29)27-26(30)20-15-22(36-19(4)5)17-23(16-20)37-21-9-11-24(12-10-21)39(32,33)8-3/h9-17,19H,6-8,18H2,1-5H3,(H,27,28,30). The Morgan fingerprint density at radius 2 is 1.62 bits per heavy atom. The van der Waals surface area contributed by atoms with Crippen molar-refractivity contribution in [2.75, 3.05) is 24.3 Å². The smallest absolute Gasteiger partial charge is 0.351 e. The summed E-state index contributed by atoms with van der Waals surface area (Å²) in [6.07, 6.45) is 1.31. The molecule has 3 rings (SSSR count). The van der Waals surface area contributed by atoms with Crippen molar-refractivity contribution in [2.45, 2.75) is 51.9 Å². The number of rotatable bonds is 14. The molecule has 0 bridgehead atoms. The van der Waals surface area contributed by atoms with Crippen molar-refractivity contribution in [2.24, 2.45) is 0 Å². The second-order valence-corrected chi connectivity index (χ2v) is 12.9. The van der Waals surface area contributed by atoms with Crippen LogP contribution in [0.3, 0.4) is 0 Å². The van der Waals surface area contributed by atoms with E-state index in [1.54, 1.807) is 57.3 Å². The topological polar surface area (TPSA) is 135 Å². The first-order valence-corrected chi connectivity index (χ1v) is 15.9. The minimum absolute atomic E-state index is 0.00313. The fourth-order valence-electron chi connectivity index (χ4n) is 3.51. The van der Waals surface area contributed by atoms with E-state index < -0.39 is 23.3 Å². The molecule has 0 aliphatic rings. The van der Waals surface area contributed by atoms with Crippen LogP contribution in [0.15, 0.2) is 59.6 Å². The fourth-order valence-corrected chi connectivity index (χ4v) is 5.93. The van der Waals surface area contributed by atoms with Crippen LogP contribution in [0.2, 0.25) is 0 Å². The normalized spacial score (nSPS) is 11.9. The Kier molecular flexibility index (Phi) is 10.3. The molecular weight excluding hydrogens is 545 g/mol. The van der Waals surface area contributed by atoms with E-state index in [9.17, 15) is 17.8 Å². The van der Waals surface area contributed by atoms with E-state index in [-0.39, 0.29) is 47.6 Å². The summed E-state index contributed by atoms with van der Waals surface area (Å²) >= 11 is 0. The molecule has 0 saturated carbocycles. The molecule has 1 N–H and O–H groups in total. The highest BCUT2D eigenvalue weighted by Crippen LogP contribution is 2.49. The van der Waals surface area contributed by atoms with E-state index in [1.807, 2.05) is 13.8 Å². The van der Waals surface area contributed by atoms with Crippen molar-refractivity contribution >= 4 is 29.2 Å². The van der Waals surface area contributed by atoms with Crippen LogP contribution in [-0.2, 0) is 29.7 Å². The van der Waals surface area contributed by atoms with Crippen LogP contribution in [0.1, 0.15) is 45.0 Å². The van der Waals surface area contributed by atoms with Crippen molar-refractivity contribution in [3.8, 4) is 17.2 Å². The molecular formula is C26H34N3O8PS. The number of hydrogen-bond acceptors (Lipinski definition) is 9. The largest absolute Gasteiger partial charge is 0.491 e. The van der Waals surface area contributed by atoms with E-state index >= 15 is 0 Å². The quantitative estimate of drug-likeness (QED) is 0.237. The van der Waals surface area contributed by atoms with Gasteiger partial charge in [-0.15, -0.1) is 0 Å². The van der Waals surface area contributed by atoms with Gasteiger partial charge in [0.05, 0.1) is 30.0 Å². The van der Waals surface area contributed by atoms with Gasteiger partial charge < -0.3 is 23.8 Å². The Hall–Kier alpha value is -3.18. The average molecular weight is 580 g/mol. The SMILES string of the molecule is CCOP(=O)(Cn1ccc(NC(=O)c2cc(Oc3ccc(S(=O)(=O)CC)cc3)cc(OC(C)C)c2)n1)OCC. The zero-order valence-corrected chi connectivity index (χ0v) is 24.3. The molecule has 0 spiro atoms. The Bertz CT molecular complexity index is 1410. The van der Waals surface area contributed by atoms with Crippen LogP contribution >= 0.6 is 7.60 Å². The molecule has 0 saturated heterocycles. The van der Waals surface area contributed by atoms with E-state index in [2.05, 4.69) is 10.4 Å². The molecule has 11 nitrogen and oxygen atoms in total. The van der Waals surface area contributed by atoms with Gasteiger partial charge in [0.1, 0.15) is 23.5 Å². The van der Waals surface area contributed by atoms with Crippen LogP contribution in [0.25, 0.3) is 0 Å². The third-order valence-electron chi connectivity index (χ3n) is 5.16. The van der Waals surface area contributed by atoms with Gasteiger partial charge >= 0.3 is 7.60 Å². The third kappa shape index (κ3) is 8.66. The summed E-state index contributed by atoms with van der Waals surface area (Å²) in [5.41, 5.74) is 0.247. The van der Waals surface area contributed by atoms with Crippen LogP contribution in [-0.4, -0.2) is 49.2 Å². The van der Waals surface area contributed by atoms with Crippen molar-refractivity contribution in [1.82, 2.24) is 9.78 Å². The number of carbonyl (C=O) groups is 1. The van der Waals surface area contributed by atoms with Gasteiger partial charge in [0.25, 0.3) is 5.91 Å². The maximum absolute atomic E-state index is 13.1. The van der Waals surface area contributed by atoms with E-state index in [0.29, 0.717) is 17.2 Å². The lowest BCUT2D eigenvalue weighted by atomic mass is 10.2. The third-order valence-corrected chi connectivity index (χ3v) is 8.85. The molecule has 3 aromatic rings. The Balaban J connectivity index is 1.80. The summed E-state index contributed by atoms with van der Waals surface area (Å²) in [4.78, 5) is 13.3. The van der Waals surface area contributed by atoms with E-state index in [0.717, 1.165) is 0 Å². The summed E-state index contributed by atoms with van der Waals surface area (Å²) in [7, 11) is -6.71. The van der Waals surface area contributed by atoms with Crippen molar-refractivity contribution < 1.29 is 36.3 Å². The predicted octanol–water partition coefficient (Wildman–Crippen LogP) is 5.73. The lowest BCUT2D eigenvalue weighted by Crippen LogP contribution is -2.14. The maximum Gasteiger partial charge on any atom is 0.351 e. The van der Waals surface area contributed by atoms with Crippen LogP contribution in [0.4, 0.5) is 5.82 Å². The van der Waals surface area contributed by atoms with E-state index in [4.69, 9.17) is 18.5 Å². The molecule has 0 radical (unpaired) electrons. The Labute approximate surface area is 228 Å². The van der Waals surface area contributed by atoms with Crippen LogP contribution in [0, 0.1) is 0 Å². The molecule has 1 heterocycles. The van der Waals surface area contributed by atoms with E-state index in [1.165, 1.54) is 22.9 Å². The molecule has 1 amide bonds. The molecule has 0 aliphatic heterocycles. The summed E-state index contributed by atoms with van der Waals surface area (Å²) < 4.78 is 60.6. The maximum atomic E-state index is 13.1. The number of amides is 1. The first-order valence-electron chi connectivity index (χ1n) is 12.5. The Morgan fingerprint density at radius 1 is 0.974 bits per heavy atom. The molecule has 0 fully saturated rings. The number of hydrogen-bond donors (Lipinski definition) is 1. The predicted molar refractivity (Wildman–Crippen MR) is 147 cm³/mol. The number of nitrogens with zero attached hydrogens (tertiary/aromatic N) is 2. The number of ether oxygens (including phenoxy) is 2. The van der Waals surface area contributed by atoms with Gasteiger partial charge in [0, 0.05) is 23.9 Å². The monoisotopic (exact) mass is 579 g/mol. The fraction of sp³-hybridized carbons (Fsp3) is 0.385. The van der Waals surface area contributed by atoms with Gasteiger partial charge in [-0.05, 0) is 64.1 Å². The minimum atomic E-state index is -3.37. The molecule has 39 heavy (non-hydrogen) atoms. The summed E-state index contributed by atoms with van der Waals surface area (Å²) in [5.74, 6) is 0.898. The van der Waals surface area contributed by atoms with Gasteiger partial charge in [-0.2, -0.15) is 5.10 Å². The molecule has 0 aliphatic carbocycles. The second kappa shape index (κ2) is 13.3. The van der Waals surface area contributed by atoms with Crippen molar-refractivity contribution in [1.29, 1.82) is 0 Å². The van der Waals surface area contributed by atoms with Crippen LogP contribution < -0.4 is 14.8 Å². The Morgan fingerprint density at radius 3 is 2.21 bits per heavy atom. The number of aromatic nitrogens is 2. The van der Waals surface area contributed by atoms with Crippen LogP contribution in [0.5, 0.6) is 17.2 Å². The summed E-state index contributed by atoms with van der Waals surface area (Å²) in [5, 5.41) is 6.97. The number of benzene rings is 2. The lowest BCUT2D eigenvalue weighted by Gasteiger charge is -2.16. The molecule has 13 heteroatoms. The first kappa shape index (κ1) is 30.4. The van der Waals surface area contributed by atoms with Crippen molar-refractivity contribution in [3.63, 3.8) is 0 Å². The molecule has 0 atom stereocenters. The number of nitrogens with one attached hydrogen (secondary N) is 1.